The van der Waals surface area contributed by atoms with E-state index in [9.17, 15) is 9.90 Å². The van der Waals surface area contributed by atoms with Crippen LogP contribution in [0.5, 0.6) is 11.5 Å². The summed E-state index contributed by atoms with van der Waals surface area (Å²) in [6.45, 7) is 0.702. The normalized spacial score (nSPS) is 10.6. The number of fused-ring (bicyclic) bond motifs is 1. The Morgan fingerprint density at radius 2 is 1.72 bits per heavy atom. The minimum atomic E-state index is -0.326. The summed E-state index contributed by atoms with van der Waals surface area (Å²) in [4.78, 5) is 16.8. The van der Waals surface area contributed by atoms with Gasteiger partial charge in [0.05, 0.1) is 11.3 Å². The van der Waals surface area contributed by atoms with E-state index >= 15 is 0 Å². The molecule has 0 fully saturated rings. The Labute approximate surface area is 168 Å². The van der Waals surface area contributed by atoms with Gasteiger partial charge >= 0.3 is 0 Å². The van der Waals surface area contributed by atoms with Crippen molar-refractivity contribution in [3.05, 3.63) is 102 Å². The molecule has 0 saturated carbocycles. The fourth-order valence-electron chi connectivity index (χ4n) is 3.07. The summed E-state index contributed by atoms with van der Waals surface area (Å²) < 4.78 is 5.78. The number of aromatic nitrogens is 1. The minimum absolute atomic E-state index is 0.0337. The molecule has 0 aliphatic rings. The first-order valence-corrected chi connectivity index (χ1v) is 9.31. The second-order valence-electron chi connectivity index (χ2n) is 6.66. The molecule has 2 N–H and O–H groups in total. The lowest BCUT2D eigenvalue weighted by molar-refractivity contribution is 0.0948. The zero-order chi connectivity index (χ0) is 20.1. The van der Waals surface area contributed by atoms with Gasteiger partial charge in [-0.05, 0) is 52.7 Å². The van der Waals surface area contributed by atoms with Crippen LogP contribution in [0.2, 0.25) is 0 Å². The first-order chi connectivity index (χ1) is 14.2. The van der Waals surface area contributed by atoms with Crippen LogP contribution < -0.4 is 10.1 Å². The number of hydrogen-bond donors (Lipinski definition) is 2. The second-order valence-corrected chi connectivity index (χ2v) is 6.66. The van der Waals surface area contributed by atoms with Crippen LogP contribution in [0.15, 0.2) is 85.1 Å². The lowest BCUT2D eigenvalue weighted by atomic mass is 10.1. The molecule has 4 aromatic rings. The molecule has 0 saturated heterocycles. The number of hydrogen-bond acceptors (Lipinski definition) is 4. The number of nitrogens with zero attached hydrogens (tertiary/aromatic N) is 1. The number of carbonyl (C=O) groups excluding carboxylic acids is 1. The van der Waals surface area contributed by atoms with Crippen molar-refractivity contribution < 1.29 is 14.6 Å². The fraction of sp³-hybridized carbons (Fsp3) is 0.0833. The van der Waals surface area contributed by atoms with Crippen molar-refractivity contribution >= 4 is 16.7 Å². The first-order valence-electron chi connectivity index (χ1n) is 9.31. The molecule has 0 radical (unpaired) electrons. The Morgan fingerprint density at radius 1 is 0.931 bits per heavy atom. The largest absolute Gasteiger partial charge is 0.507 e. The predicted molar refractivity (Wildman–Crippen MR) is 112 cm³/mol. The average Bonchev–Trinajstić information content (AvgIpc) is 2.76. The van der Waals surface area contributed by atoms with E-state index < -0.39 is 0 Å². The van der Waals surface area contributed by atoms with Crippen LogP contribution in [0, 0.1) is 0 Å². The van der Waals surface area contributed by atoms with Crippen LogP contribution in [0.1, 0.15) is 21.6 Å². The van der Waals surface area contributed by atoms with E-state index in [1.54, 1.807) is 18.3 Å². The Balaban J connectivity index is 1.41. The SMILES string of the molecule is O=C(NCc1cccc(OCc2ccccn2)c1)c1cc2ccccc2cc1O. The summed E-state index contributed by atoms with van der Waals surface area (Å²) in [6.07, 6.45) is 1.73. The first kappa shape index (κ1) is 18.5. The van der Waals surface area contributed by atoms with Crippen LogP contribution in [0.25, 0.3) is 10.8 Å². The van der Waals surface area contributed by atoms with Gasteiger partial charge in [0.15, 0.2) is 0 Å². The minimum Gasteiger partial charge on any atom is -0.507 e. The Hall–Kier alpha value is -3.86. The van der Waals surface area contributed by atoms with Crippen molar-refractivity contribution in [1.82, 2.24) is 10.3 Å². The van der Waals surface area contributed by atoms with Gasteiger partial charge in [-0.15, -0.1) is 0 Å². The summed E-state index contributed by atoms with van der Waals surface area (Å²) in [6, 6.07) is 24.1. The molecule has 3 aromatic carbocycles. The molecule has 0 spiro atoms. The van der Waals surface area contributed by atoms with Gasteiger partial charge in [-0.2, -0.15) is 0 Å². The maximum Gasteiger partial charge on any atom is 0.255 e. The zero-order valence-corrected chi connectivity index (χ0v) is 15.7. The monoisotopic (exact) mass is 384 g/mol. The smallest absolute Gasteiger partial charge is 0.255 e. The molecule has 1 heterocycles. The van der Waals surface area contributed by atoms with Crippen LogP contribution in [0.3, 0.4) is 0 Å². The third-order valence-corrected chi connectivity index (χ3v) is 4.57. The maximum atomic E-state index is 12.6. The molecule has 5 nitrogen and oxygen atoms in total. The van der Waals surface area contributed by atoms with Crippen molar-refractivity contribution in [3.8, 4) is 11.5 Å². The quantitative estimate of drug-likeness (QED) is 0.515. The van der Waals surface area contributed by atoms with Gasteiger partial charge in [0, 0.05) is 12.7 Å². The Morgan fingerprint density at radius 3 is 2.52 bits per heavy atom. The number of pyridine rings is 1. The van der Waals surface area contributed by atoms with E-state index in [2.05, 4.69) is 10.3 Å². The summed E-state index contributed by atoms with van der Waals surface area (Å²) in [5.41, 5.74) is 2.00. The van der Waals surface area contributed by atoms with E-state index in [4.69, 9.17) is 4.74 Å². The predicted octanol–water partition coefficient (Wildman–Crippen LogP) is 4.45. The number of aromatic hydroxyl groups is 1. The van der Waals surface area contributed by atoms with Crippen molar-refractivity contribution in [1.29, 1.82) is 0 Å². The molecular weight excluding hydrogens is 364 g/mol. The van der Waals surface area contributed by atoms with Gasteiger partial charge in [0.1, 0.15) is 18.1 Å². The highest BCUT2D eigenvalue weighted by Crippen LogP contribution is 2.25. The molecule has 0 atom stereocenters. The molecule has 1 amide bonds. The third kappa shape index (κ3) is 4.52. The van der Waals surface area contributed by atoms with Crippen molar-refractivity contribution in [2.75, 3.05) is 0 Å². The average molecular weight is 384 g/mol. The topological polar surface area (TPSA) is 71.5 Å². The van der Waals surface area contributed by atoms with Crippen LogP contribution in [-0.4, -0.2) is 16.0 Å². The van der Waals surface area contributed by atoms with Crippen LogP contribution >= 0.6 is 0 Å². The Kier molecular flexibility index (Phi) is 5.38. The lowest BCUT2D eigenvalue weighted by Gasteiger charge is -2.10. The molecule has 0 unspecified atom stereocenters. The number of ether oxygens (including phenoxy) is 1. The molecule has 0 aliphatic carbocycles. The number of amides is 1. The standard InChI is InChI=1S/C24H20N2O3/c27-23-14-19-8-2-1-7-18(19)13-22(23)24(28)26-15-17-6-5-10-21(12-17)29-16-20-9-3-4-11-25-20/h1-14,27H,15-16H2,(H,26,28). The summed E-state index contributed by atoms with van der Waals surface area (Å²) >= 11 is 0. The highest BCUT2D eigenvalue weighted by atomic mass is 16.5. The van der Waals surface area contributed by atoms with Gasteiger partial charge in [-0.3, -0.25) is 9.78 Å². The van der Waals surface area contributed by atoms with Gasteiger partial charge in [-0.25, -0.2) is 0 Å². The number of nitrogens with one attached hydrogen (secondary N) is 1. The number of phenols is 1. The summed E-state index contributed by atoms with van der Waals surface area (Å²) in [7, 11) is 0. The van der Waals surface area contributed by atoms with Gasteiger partial charge in [0.2, 0.25) is 0 Å². The highest BCUT2D eigenvalue weighted by molar-refractivity contribution is 6.01. The number of benzene rings is 3. The van der Waals surface area contributed by atoms with Gasteiger partial charge in [0.25, 0.3) is 5.91 Å². The van der Waals surface area contributed by atoms with E-state index in [0.717, 1.165) is 22.0 Å². The molecule has 29 heavy (non-hydrogen) atoms. The number of rotatable bonds is 6. The van der Waals surface area contributed by atoms with Crippen molar-refractivity contribution in [3.63, 3.8) is 0 Å². The summed E-state index contributed by atoms with van der Waals surface area (Å²) in [5.74, 6) is 0.345. The highest BCUT2D eigenvalue weighted by Gasteiger charge is 2.12. The Bertz CT molecular complexity index is 1140. The van der Waals surface area contributed by atoms with E-state index in [1.165, 1.54) is 0 Å². The zero-order valence-electron chi connectivity index (χ0n) is 15.7. The molecular formula is C24H20N2O3. The molecule has 4 rings (SSSR count). The van der Waals surface area contributed by atoms with E-state index in [0.29, 0.717) is 18.9 Å². The van der Waals surface area contributed by atoms with Crippen molar-refractivity contribution in [2.24, 2.45) is 0 Å². The fourth-order valence-corrected chi connectivity index (χ4v) is 3.07. The van der Waals surface area contributed by atoms with Gasteiger partial charge in [-0.1, -0.05) is 42.5 Å². The van der Waals surface area contributed by atoms with E-state index in [-0.39, 0.29) is 17.2 Å². The van der Waals surface area contributed by atoms with Crippen molar-refractivity contribution in [2.45, 2.75) is 13.2 Å². The molecule has 1 aromatic heterocycles. The lowest BCUT2D eigenvalue weighted by Crippen LogP contribution is -2.22. The van der Waals surface area contributed by atoms with Gasteiger partial charge < -0.3 is 15.2 Å². The molecule has 0 bridgehead atoms. The third-order valence-electron chi connectivity index (χ3n) is 4.57. The van der Waals surface area contributed by atoms with Crippen LogP contribution in [-0.2, 0) is 13.2 Å². The second kappa shape index (κ2) is 8.44. The number of phenolic OH excluding ortho intramolecular Hbond substituents is 1. The molecule has 5 heteroatoms. The molecule has 0 aliphatic heterocycles. The molecule has 144 valence electrons. The van der Waals surface area contributed by atoms with Crippen LogP contribution in [0.4, 0.5) is 0 Å². The number of carbonyl (C=O) groups is 1. The summed E-state index contributed by atoms with van der Waals surface area (Å²) in [5, 5.41) is 14.9. The van der Waals surface area contributed by atoms with E-state index in [1.807, 2.05) is 66.7 Å². The maximum absolute atomic E-state index is 12.6.